The molecule has 0 aromatic heterocycles. The van der Waals surface area contributed by atoms with Crippen molar-refractivity contribution < 1.29 is 8.42 Å². The van der Waals surface area contributed by atoms with Crippen LogP contribution in [0, 0.1) is 18.8 Å². The summed E-state index contributed by atoms with van der Waals surface area (Å²) >= 11 is 0. The fourth-order valence-electron chi connectivity index (χ4n) is 2.41. The van der Waals surface area contributed by atoms with E-state index in [2.05, 4.69) is 11.8 Å². The van der Waals surface area contributed by atoms with E-state index in [0.717, 1.165) is 11.1 Å². The number of aryl methyl sites for hydroxylation is 1. The van der Waals surface area contributed by atoms with Gasteiger partial charge in [-0.2, -0.15) is 4.31 Å². The molecule has 0 fully saturated rings. The van der Waals surface area contributed by atoms with Gasteiger partial charge in [-0.15, -0.1) is 0 Å². The molecule has 1 atom stereocenters. The summed E-state index contributed by atoms with van der Waals surface area (Å²) in [5, 5.41) is 0. The fraction of sp³-hybridized carbons (Fsp3) is 0.238. The quantitative estimate of drug-likeness (QED) is 0.602. The number of hydrogen-bond donors (Lipinski definition) is 0. The zero-order valence-corrected chi connectivity index (χ0v) is 15.6. The Morgan fingerprint density at radius 3 is 2.32 bits per heavy atom. The van der Waals surface area contributed by atoms with Gasteiger partial charge >= 0.3 is 0 Å². The SMILES string of the molecule is CC=CC(C)N(CC#Cc1ccccc1)S(=O)(=O)c1ccc(C)cc1. The van der Waals surface area contributed by atoms with Gasteiger partial charge in [0.15, 0.2) is 0 Å². The largest absolute Gasteiger partial charge is 0.244 e. The van der Waals surface area contributed by atoms with Gasteiger partial charge in [0.05, 0.1) is 11.4 Å². The molecular formula is C21H23NO2S. The van der Waals surface area contributed by atoms with E-state index in [9.17, 15) is 8.42 Å². The Labute approximate surface area is 151 Å². The minimum Gasteiger partial charge on any atom is -0.207 e. The van der Waals surface area contributed by atoms with Gasteiger partial charge in [-0.05, 0) is 45.0 Å². The molecule has 0 aliphatic heterocycles. The molecule has 3 nitrogen and oxygen atoms in total. The zero-order chi connectivity index (χ0) is 18.3. The molecule has 0 radical (unpaired) electrons. The maximum Gasteiger partial charge on any atom is 0.244 e. The smallest absolute Gasteiger partial charge is 0.207 e. The van der Waals surface area contributed by atoms with Crippen molar-refractivity contribution in [2.45, 2.75) is 31.7 Å². The highest BCUT2D eigenvalue weighted by atomic mass is 32.2. The molecule has 0 spiro atoms. The molecule has 0 aliphatic rings. The lowest BCUT2D eigenvalue weighted by molar-refractivity contribution is 0.412. The molecule has 2 aromatic carbocycles. The molecule has 0 saturated heterocycles. The van der Waals surface area contributed by atoms with Crippen LogP contribution in [0.3, 0.4) is 0 Å². The number of sulfonamides is 1. The number of rotatable bonds is 5. The molecule has 0 heterocycles. The Morgan fingerprint density at radius 1 is 1.08 bits per heavy atom. The van der Waals surface area contributed by atoms with Crippen molar-refractivity contribution in [1.29, 1.82) is 0 Å². The molecule has 0 N–H and O–H groups in total. The van der Waals surface area contributed by atoms with Crippen molar-refractivity contribution in [3.63, 3.8) is 0 Å². The first-order valence-corrected chi connectivity index (χ1v) is 9.64. The average Bonchev–Trinajstić information content (AvgIpc) is 2.60. The van der Waals surface area contributed by atoms with E-state index in [-0.39, 0.29) is 17.5 Å². The minimum absolute atomic E-state index is 0.136. The Balaban J connectivity index is 2.32. The van der Waals surface area contributed by atoms with Crippen LogP contribution < -0.4 is 0 Å². The summed E-state index contributed by atoms with van der Waals surface area (Å²) in [5.41, 5.74) is 1.89. The van der Waals surface area contributed by atoms with E-state index in [1.807, 2.05) is 63.3 Å². The lowest BCUT2D eigenvalue weighted by Crippen LogP contribution is -2.37. The van der Waals surface area contributed by atoms with E-state index < -0.39 is 10.0 Å². The van der Waals surface area contributed by atoms with Crippen molar-refractivity contribution in [2.24, 2.45) is 0 Å². The van der Waals surface area contributed by atoms with Gasteiger partial charge in [-0.25, -0.2) is 8.42 Å². The highest BCUT2D eigenvalue weighted by molar-refractivity contribution is 7.89. The van der Waals surface area contributed by atoms with Gasteiger partial charge in [-0.3, -0.25) is 0 Å². The van der Waals surface area contributed by atoms with Gasteiger partial charge in [0, 0.05) is 11.6 Å². The van der Waals surface area contributed by atoms with Gasteiger partial charge in [0.1, 0.15) is 0 Å². The topological polar surface area (TPSA) is 37.4 Å². The molecular weight excluding hydrogens is 330 g/mol. The third-order valence-corrected chi connectivity index (χ3v) is 5.74. The summed E-state index contributed by atoms with van der Waals surface area (Å²) in [6.07, 6.45) is 3.71. The van der Waals surface area contributed by atoms with Crippen molar-refractivity contribution in [1.82, 2.24) is 4.31 Å². The Morgan fingerprint density at radius 2 is 1.72 bits per heavy atom. The summed E-state index contributed by atoms with van der Waals surface area (Å²) in [4.78, 5) is 0.288. The van der Waals surface area contributed by atoms with E-state index in [1.165, 1.54) is 4.31 Å². The van der Waals surface area contributed by atoms with Crippen LogP contribution in [0.5, 0.6) is 0 Å². The Kier molecular flexibility index (Phi) is 6.58. The van der Waals surface area contributed by atoms with Gasteiger partial charge in [-0.1, -0.05) is 59.9 Å². The van der Waals surface area contributed by atoms with Crippen molar-refractivity contribution >= 4 is 10.0 Å². The second kappa shape index (κ2) is 8.66. The predicted octanol–water partition coefficient (Wildman–Crippen LogP) is 4.00. The number of nitrogens with zero attached hydrogens (tertiary/aromatic N) is 1. The third kappa shape index (κ3) is 5.06. The van der Waals surface area contributed by atoms with Crippen molar-refractivity contribution in [3.8, 4) is 11.8 Å². The molecule has 0 saturated carbocycles. The summed E-state index contributed by atoms with van der Waals surface area (Å²) in [6.45, 7) is 5.80. The first-order chi connectivity index (χ1) is 11.9. The Hall–Kier alpha value is -2.35. The fourth-order valence-corrected chi connectivity index (χ4v) is 3.90. The standard InChI is InChI=1S/C21H23NO2S/c1-4-9-19(3)22(17-8-12-20-10-6-5-7-11-20)25(23,24)21-15-13-18(2)14-16-21/h4-7,9-11,13-16,19H,17H2,1-3H3. The summed E-state index contributed by atoms with van der Waals surface area (Å²) in [5.74, 6) is 6.02. The highest BCUT2D eigenvalue weighted by Gasteiger charge is 2.27. The maximum atomic E-state index is 13.0. The van der Waals surface area contributed by atoms with E-state index in [4.69, 9.17) is 0 Å². The number of allylic oxidation sites excluding steroid dienone is 1. The van der Waals surface area contributed by atoms with Gasteiger partial charge in [0.25, 0.3) is 0 Å². The molecule has 2 rings (SSSR count). The minimum atomic E-state index is -3.61. The lowest BCUT2D eigenvalue weighted by atomic mass is 10.2. The normalized spacial score (nSPS) is 12.8. The second-order valence-corrected chi connectivity index (χ2v) is 7.69. The first kappa shape index (κ1) is 19.0. The highest BCUT2D eigenvalue weighted by Crippen LogP contribution is 2.19. The van der Waals surface area contributed by atoms with Crippen LogP contribution in [-0.2, 0) is 10.0 Å². The van der Waals surface area contributed by atoms with Gasteiger partial charge < -0.3 is 0 Å². The molecule has 130 valence electrons. The average molecular weight is 353 g/mol. The summed E-state index contributed by atoms with van der Waals surface area (Å²) < 4.78 is 27.5. The molecule has 2 aromatic rings. The monoisotopic (exact) mass is 353 g/mol. The lowest BCUT2D eigenvalue weighted by Gasteiger charge is -2.24. The molecule has 1 unspecified atom stereocenters. The molecule has 0 bridgehead atoms. The zero-order valence-electron chi connectivity index (χ0n) is 14.8. The van der Waals surface area contributed by atoms with Crippen LogP contribution in [0.4, 0.5) is 0 Å². The first-order valence-electron chi connectivity index (χ1n) is 8.20. The van der Waals surface area contributed by atoms with Crippen LogP contribution in [0.25, 0.3) is 0 Å². The second-order valence-electron chi connectivity index (χ2n) is 5.80. The number of benzene rings is 2. The number of hydrogen-bond acceptors (Lipinski definition) is 2. The Bertz CT molecular complexity index is 873. The van der Waals surface area contributed by atoms with E-state index in [1.54, 1.807) is 24.3 Å². The summed E-state index contributed by atoms with van der Waals surface area (Å²) in [7, 11) is -3.61. The molecule has 4 heteroatoms. The maximum absolute atomic E-state index is 13.0. The molecule has 25 heavy (non-hydrogen) atoms. The van der Waals surface area contributed by atoms with Crippen LogP contribution in [0.2, 0.25) is 0 Å². The van der Waals surface area contributed by atoms with Crippen LogP contribution in [0.15, 0.2) is 71.6 Å². The predicted molar refractivity (Wildman–Crippen MR) is 103 cm³/mol. The van der Waals surface area contributed by atoms with Gasteiger partial charge in [0.2, 0.25) is 10.0 Å². The van der Waals surface area contributed by atoms with E-state index >= 15 is 0 Å². The molecule has 0 amide bonds. The third-order valence-electron chi connectivity index (χ3n) is 3.79. The summed E-state index contributed by atoms with van der Waals surface area (Å²) in [6, 6.07) is 16.2. The van der Waals surface area contributed by atoms with Crippen LogP contribution in [-0.4, -0.2) is 25.3 Å². The van der Waals surface area contributed by atoms with Crippen LogP contribution >= 0.6 is 0 Å². The van der Waals surface area contributed by atoms with Crippen LogP contribution in [0.1, 0.15) is 25.0 Å². The van der Waals surface area contributed by atoms with Crippen molar-refractivity contribution in [2.75, 3.05) is 6.54 Å². The molecule has 0 aliphatic carbocycles. The van der Waals surface area contributed by atoms with Crippen molar-refractivity contribution in [3.05, 3.63) is 77.9 Å². The van der Waals surface area contributed by atoms with E-state index in [0.29, 0.717) is 0 Å².